The van der Waals surface area contributed by atoms with Gasteiger partial charge in [-0.3, -0.25) is 9.59 Å². The number of benzene rings is 1. The van der Waals surface area contributed by atoms with Gasteiger partial charge in [0.05, 0.1) is 12.0 Å². The maximum absolute atomic E-state index is 13.1. The van der Waals surface area contributed by atoms with Gasteiger partial charge in [-0.15, -0.1) is 0 Å². The van der Waals surface area contributed by atoms with Gasteiger partial charge in [-0.25, -0.2) is 0 Å². The number of hydrogen-bond acceptors (Lipinski definition) is 3. The summed E-state index contributed by atoms with van der Waals surface area (Å²) < 4.78 is 0. The van der Waals surface area contributed by atoms with Gasteiger partial charge in [0.15, 0.2) is 0 Å². The summed E-state index contributed by atoms with van der Waals surface area (Å²) in [6, 6.07) is 8.34. The van der Waals surface area contributed by atoms with Crippen LogP contribution in [-0.4, -0.2) is 48.9 Å². The summed E-state index contributed by atoms with van der Waals surface area (Å²) in [5.74, 6) is 0.802. The van der Waals surface area contributed by atoms with E-state index in [0.717, 1.165) is 58.2 Å². The van der Waals surface area contributed by atoms with E-state index in [1.165, 1.54) is 11.1 Å². The van der Waals surface area contributed by atoms with Crippen molar-refractivity contribution in [3.63, 3.8) is 0 Å². The molecule has 0 saturated carbocycles. The van der Waals surface area contributed by atoms with Gasteiger partial charge < -0.3 is 15.5 Å². The summed E-state index contributed by atoms with van der Waals surface area (Å²) >= 11 is 0. The van der Waals surface area contributed by atoms with Crippen molar-refractivity contribution in [2.45, 2.75) is 50.5 Å². The normalized spacial score (nSPS) is 28.0. The molecule has 0 bridgehead atoms. The predicted octanol–water partition coefficient (Wildman–Crippen LogP) is 1.82. The molecule has 2 saturated heterocycles. The van der Waals surface area contributed by atoms with Crippen LogP contribution in [0.5, 0.6) is 0 Å². The fourth-order valence-electron chi connectivity index (χ4n) is 4.74. The van der Waals surface area contributed by atoms with E-state index in [0.29, 0.717) is 12.5 Å². The fourth-order valence-corrected chi connectivity index (χ4v) is 4.74. The van der Waals surface area contributed by atoms with Crippen LogP contribution in [0, 0.1) is 5.92 Å². The van der Waals surface area contributed by atoms with Crippen molar-refractivity contribution < 1.29 is 9.59 Å². The topological polar surface area (TPSA) is 61.4 Å². The predicted molar refractivity (Wildman–Crippen MR) is 101 cm³/mol. The molecule has 4 rings (SSSR count). The Morgan fingerprint density at radius 2 is 2.04 bits per heavy atom. The van der Waals surface area contributed by atoms with Crippen LogP contribution in [0.1, 0.15) is 49.1 Å². The zero-order valence-electron chi connectivity index (χ0n) is 15.4. The Bertz CT molecular complexity index is 669. The minimum absolute atomic E-state index is 0.0219. The first-order valence-corrected chi connectivity index (χ1v) is 10.1. The maximum Gasteiger partial charge on any atom is 0.237 e. The molecule has 3 atom stereocenters. The third-order valence-corrected chi connectivity index (χ3v) is 6.20. The second kappa shape index (κ2) is 7.78. The Balaban J connectivity index is 1.32. The molecule has 0 radical (unpaired) electrons. The second-order valence-electron chi connectivity index (χ2n) is 7.98. The number of carbonyl (C=O) groups excluding carboxylic acids is 2. The van der Waals surface area contributed by atoms with Crippen LogP contribution in [0.15, 0.2) is 24.3 Å². The molecule has 26 heavy (non-hydrogen) atoms. The van der Waals surface area contributed by atoms with E-state index < -0.39 is 0 Å². The molecular formula is C21H29N3O2. The Hall–Kier alpha value is -1.88. The third kappa shape index (κ3) is 3.63. The first-order valence-electron chi connectivity index (χ1n) is 10.1. The molecule has 5 nitrogen and oxygen atoms in total. The third-order valence-electron chi connectivity index (χ3n) is 6.20. The van der Waals surface area contributed by atoms with Crippen LogP contribution < -0.4 is 10.6 Å². The lowest BCUT2D eigenvalue weighted by molar-refractivity contribution is -0.134. The number of likely N-dealkylation sites (tertiary alicyclic amines) is 1. The van der Waals surface area contributed by atoms with Crippen LogP contribution in [0.4, 0.5) is 0 Å². The standard InChI is InChI=1S/C21H29N3O2/c25-20(19-8-3-11-22-19)23-13-15-5-4-12-24(14-15)21(26)18-10-9-16-6-1-2-7-17(16)18/h1-2,6-7,15,18-19,22H,3-5,8-14H2,(H,23,25). The van der Waals surface area contributed by atoms with Gasteiger partial charge in [-0.2, -0.15) is 0 Å². The van der Waals surface area contributed by atoms with Gasteiger partial charge in [0.2, 0.25) is 11.8 Å². The fraction of sp³-hybridized carbons (Fsp3) is 0.619. The Kier molecular flexibility index (Phi) is 5.25. The van der Waals surface area contributed by atoms with E-state index >= 15 is 0 Å². The smallest absolute Gasteiger partial charge is 0.237 e. The van der Waals surface area contributed by atoms with Crippen molar-refractivity contribution in [3.05, 3.63) is 35.4 Å². The lowest BCUT2D eigenvalue weighted by atomic mass is 9.94. The molecule has 0 aromatic heterocycles. The van der Waals surface area contributed by atoms with E-state index in [-0.39, 0.29) is 23.8 Å². The van der Waals surface area contributed by atoms with Crippen molar-refractivity contribution >= 4 is 11.8 Å². The summed E-state index contributed by atoms with van der Waals surface area (Å²) in [5.41, 5.74) is 2.55. The molecule has 0 spiro atoms. The van der Waals surface area contributed by atoms with E-state index in [1.807, 2.05) is 11.0 Å². The van der Waals surface area contributed by atoms with E-state index in [1.54, 1.807) is 0 Å². The Morgan fingerprint density at radius 1 is 1.15 bits per heavy atom. The highest BCUT2D eigenvalue weighted by Gasteiger charge is 2.34. The minimum atomic E-state index is -0.0219. The van der Waals surface area contributed by atoms with Crippen molar-refractivity contribution in [1.29, 1.82) is 0 Å². The summed E-state index contributed by atoms with van der Waals surface area (Å²) in [7, 11) is 0. The van der Waals surface area contributed by atoms with Crippen LogP contribution >= 0.6 is 0 Å². The molecule has 2 amide bonds. The van der Waals surface area contributed by atoms with Crippen LogP contribution in [0.2, 0.25) is 0 Å². The molecule has 2 aliphatic heterocycles. The SMILES string of the molecule is O=C(NCC1CCCN(C(=O)C2CCc3ccccc32)C1)C1CCCN1. The molecule has 2 heterocycles. The van der Waals surface area contributed by atoms with Crippen molar-refractivity contribution in [3.8, 4) is 0 Å². The first kappa shape index (κ1) is 17.5. The average Bonchev–Trinajstić information content (AvgIpc) is 3.35. The number of amides is 2. The Labute approximate surface area is 155 Å². The number of nitrogens with one attached hydrogen (secondary N) is 2. The zero-order chi connectivity index (χ0) is 17.9. The molecule has 3 unspecified atom stereocenters. The van der Waals surface area contributed by atoms with Crippen LogP contribution in [0.25, 0.3) is 0 Å². The van der Waals surface area contributed by atoms with Gasteiger partial charge in [0, 0.05) is 19.6 Å². The van der Waals surface area contributed by atoms with Crippen LogP contribution in [0.3, 0.4) is 0 Å². The number of piperidine rings is 1. The molecule has 2 fully saturated rings. The van der Waals surface area contributed by atoms with Gasteiger partial charge in [-0.1, -0.05) is 24.3 Å². The number of fused-ring (bicyclic) bond motifs is 1. The second-order valence-corrected chi connectivity index (χ2v) is 7.98. The summed E-state index contributed by atoms with van der Waals surface area (Å²) in [6.07, 6.45) is 6.07. The number of nitrogens with zero attached hydrogens (tertiary/aromatic N) is 1. The van der Waals surface area contributed by atoms with Crippen molar-refractivity contribution in [1.82, 2.24) is 15.5 Å². The number of rotatable bonds is 4. The van der Waals surface area contributed by atoms with Crippen LogP contribution in [-0.2, 0) is 16.0 Å². The van der Waals surface area contributed by atoms with E-state index in [9.17, 15) is 9.59 Å². The van der Waals surface area contributed by atoms with Gasteiger partial charge >= 0.3 is 0 Å². The summed E-state index contributed by atoms with van der Waals surface area (Å²) in [6.45, 7) is 3.25. The van der Waals surface area contributed by atoms with Gasteiger partial charge in [-0.05, 0) is 62.1 Å². The quantitative estimate of drug-likeness (QED) is 0.866. The summed E-state index contributed by atoms with van der Waals surface area (Å²) in [5, 5.41) is 6.34. The monoisotopic (exact) mass is 355 g/mol. The highest BCUT2D eigenvalue weighted by Crippen LogP contribution is 2.35. The van der Waals surface area contributed by atoms with Gasteiger partial charge in [0.1, 0.15) is 0 Å². The molecule has 2 N–H and O–H groups in total. The lowest BCUT2D eigenvalue weighted by Gasteiger charge is -2.34. The maximum atomic E-state index is 13.1. The van der Waals surface area contributed by atoms with E-state index in [2.05, 4.69) is 28.8 Å². The number of carbonyl (C=O) groups is 2. The summed E-state index contributed by atoms with van der Waals surface area (Å²) in [4.78, 5) is 27.3. The number of hydrogen-bond donors (Lipinski definition) is 2. The lowest BCUT2D eigenvalue weighted by Crippen LogP contribution is -2.47. The van der Waals surface area contributed by atoms with Crippen molar-refractivity contribution in [2.75, 3.05) is 26.2 Å². The molecule has 140 valence electrons. The molecule has 1 aromatic carbocycles. The van der Waals surface area contributed by atoms with Crippen molar-refractivity contribution in [2.24, 2.45) is 5.92 Å². The molecule has 5 heteroatoms. The minimum Gasteiger partial charge on any atom is -0.354 e. The Morgan fingerprint density at radius 3 is 2.88 bits per heavy atom. The average molecular weight is 355 g/mol. The number of aryl methyl sites for hydroxylation is 1. The zero-order valence-corrected chi connectivity index (χ0v) is 15.4. The van der Waals surface area contributed by atoms with Gasteiger partial charge in [0.25, 0.3) is 0 Å². The van der Waals surface area contributed by atoms with E-state index in [4.69, 9.17) is 0 Å². The largest absolute Gasteiger partial charge is 0.354 e. The molecular weight excluding hydrogens is 326 g/mol. The molecule has 1 aliphatic carbocycles. The molecule has 3 aliphatic rings. The first-order chi connectivity index (χ1) is 12.7. The highest BCUT2D eigenvalue weighted by molar-refractivity contribution is 5.85. The molecule has 1 aromatic rings. The highest BCUT2D eigenvalue weighted by atomic mass is 16.2.